The van der Waals surface area contributed by atoms with Gasteiger partial charge in [0, 0.05) is 17.1 Å². The standard InChI is InChI=1S/C12H20N2O2S2/c1-12(2)6-4-3-5-10(12)14-18(15,16)11-7-9(13)8-17-11/h7-8,10,14H,3-6,13H2,1-2H3. The third kappa shape index (κ3) is 2.87. The summed E-state index contributed by atoms with van der Waals surface area (Å²) in [7, 11) is -3.42. The zero-order chi connectivity index (χ0) is 13.4. The van der Waals surface area contributed by atoms with Crippen LogP contribution in [-0.4, -0.2) is 14.5 Å². The van der Waals surface area contributed by atoms with E-state index in [-0.39, 0.29) is 11.5 Å². The first-order valence-corrected chi connectivity index (χ1v) is 8.54. The van der Waals surface area contributed by atoms with E-state index in [9.17, 15) is 8.42 Å². The van der Waals surface area contributed by atoms with Crippen LogP contribution in [0.3, 0.4) is 0 Å². The van der Waals surface area contributed by atoms with Crippen molar-refractivity contribution >= 4 is 27.0 Å². The highest BCUT2D eigenvalue weighted by atomic mass is 32.2. The van der Waals surface area contributed by atoms with Gasteiger partial charge in [0.25, 0.3) is 0 Å². The molecule has 2 rings (SSSR count). The van der Waals surface area contributed by atoms with Crippen LogP contribution in [-0.2, 0) is 10.0 Å². The lowest BCUT2D eigenvalue weighted by atomic mass is 9.74. The topological polar surface area (TPSA) is 72.2 Å². The van der Waals surface area contributed by atoms with Crippen LogP contribution in [0.4, 0.5) is 5.69 Å². The molecule has 0 aliphatic heterocycles. The van der Waals surface area contributed by atoms with E-state index < -0.39 is 10.0 Å². The van der Waals surface area contributed by atoms with E-state index in [4.69, 9.17) is 5.73 Å². The van der Waals surface area contributed by atoms with Gasteiger partial charge >= 0.3 is 0 Å². The largest absolute Gasteiger partial charge is 0.398 e. The lowest BCUT2D eigenvalue weighted by Crippen LogP contribution is -2.46. The molecule has 0 amide bonds. The van der Waals surface area contributed by atoms with Crippen molar-refractivity contribution in [2.75, 3.05) is 5.73 Å². The van der Waals surface area contributed by atoms with E-state index in [1.165, 1.54) is 23.8 Å². The van der Waals surface area contributed by atoms with Crippen LogP contribution in [0.2, 0.25) is 0 Å². The molecule has 1 fully saturated rings. The van der Waals surface area contributed by atoms with Crippen molar-refractivity contribution in [2.45, 2.75) is 49.8 Å². The summed E-state index contributed by atoms with van der Waals surface area (Å²) >= 11 is 1.17. The summed E-state index contributed by atoms with van der Waals surface area (Å²) in [6, 6.07) is 1.53. The van der Waals surface area contributed by atoms with Crippen LogP contribution in [0.1, 0.15) is 39.5 Å². The second kappa shape index (κ2) is 4.83. The molecule has 0 bridgehead atoms. The van der Waals surface area contributed by atoms with Gasteiger partial charge in [-0.3, -0.25) is 0 Å². The minimum atomic E-state index is -3.42. The van der Waals surface area contributed by atoms with Gasteiger partial charge in [-0.2, -0.15) is 0 Å². The van der Waals surface area contributed by atoms with Gasteiger partial charge in [-0.1, -0.05) is 26.7 Å². The fraction of sp³-hybridized carbons (Fsp3) is 0.667. The Balaban J connectivity index is 2.17. The number of thiophene rings is 1. The van der Waals surface area contributed by atoms with E-state index in [0.29, 0.717) is 9.90 Å². The normalized spacial score (nSPS) is 24.0. The number of nitrogens with one attached hydrogen (secondary N) is 1. The Hall–Kier alpha value is -0.590. The Morgan fingerprint density at radius 3 is 2.72 bits per heavy atom. The number of sulfonamides is 1. The van der Waals surface area contributed by atoms with Crippen molar-refractivity contribution in [3.63, 3.8) is 0 Å². The number of nitrogen functional groups attached to an aromatic ring is 1. The molecule has 102 valence electrons. The SMILES string of the molecule is CC1(C)CCCCC1NS(=O)(=O)c1cc(N)cs1. The molecule has 1 aliphatic rings. The maximum absolute atomic E-state index is 12.2. The van der Waals surface area contributed by atoms with Crippen molar-refractivity contribution in [3.05, 3.63) is 11.4 Å². The number of anilines is 1. The number of hydrogen-bond donors (Lipinski definition) is 2. The molecule has 0 aromatic carbocycles. The maximum Gasteiger partial charge on any atom is 0.250 e. The maximum atomic E-state index is 12.2. The molecule has 18 heavy (non-hydrogen) atoms. The van der Waals surface area contributed by atoms with E-state index >= 15 is 0 Å². The Bertz CT molecular complexity index is 520. The molecule has 0 saturated heterocycles. The average Bonchev–Trinajstić information content (AvgIpc) is 2.69. The summed E-state index contributed by atoms with van der Waals surface area (Å²) in [6.07, 6.45) is 4.24. The molecule has 6 heteroatoms. The molecule has 1 heterocycles. The zero-order valence-electron chi connectivity index (χ0n) is 10.8. The minimum absolute atomic E-state index is 0.0135. The second-order valence-electron chi connectivity index (χ2n) is 5.61. The van der Waals surface area contributed by atoms with Gasteiger partial charge in [0.2, 0.25) is 10.0 Å². The monoisotopic (exact) mass is 288 g/mol. The Morgan fingerprint density at radius 2 is 2.17 bits per heavy atom. The van der Waals surface area contributed by atoms with Gasteiger partial charge in [-0.15, -0.1) is 11.3 Å². The summed E-state index contributed by atoms with van der Waals surface area (Å²) in [5.41, 5.74) is 6.10. The molecule has 1 saturated carbocycles. The summed E-state index contributed by atoms with van der Waals surface area (Å²) in [5.74, 6) is 0. The van der Waals surface area contributed by atoms with Crippen LogP contribution >= 0.6 is 11.3 Å². The third-order valence-corrected chi connectivity index (χ3v) is 6.59. The number of hydrogen-bond acceptors (Lipinski definition) is 4. The van der Waals surface area contributed by atoms with E-state index in [2.05, 4.69) is 18.6 Å². The average molecular weight is 288 g/mol. The third-order valence-electron chi connectivity index (χ3n) is 3.67. The van der Waals surface area contributed by atoms with Crippen molar-refractivity contribution in [3.8, 4) is 0 Å². The molecule has 4 nitrogen and oxygen atoms in total. The van der Waals surface area contributed by atoms with Crippen molar-refractivity contribution in [1.29, 1.82) is 0 Å². The van der Waals surface area contributed by atoms with Crippen molar-refractivity contribution in [2.24, 2.45) is 5.41 Å². The molecule has 3 N–H and O–H groups in total. The van der Waals surface area contributed by atoms with E-state index in [1.54, 1.807) is 5.38 Å². The summed E-state index contributed by atoms with van der Waals surface area (Å²) < 4.78 is 27.6. The molecule has 0 spiro atoms. The molecular formula is C12H20N2O2S2. The zero-order valence-corrected chi connectivity index (χ0v) is 12.4. The summed E-state index contributed by atoms with van der Waals surface area (Å²) in [4.78, 5) is 0. The number of rotatable bonds is 3. The molecule has 1 aromatic rings. The predicted molar refractivity (Wildman–Crippen MR) is 75.1 cm³/mol. The fourth-order valence-electron chi connectivity index (χ4n) is 2.43. The van der Waals surface area contributed by atoms with Gasteiger partial charge in [-0.25, -0.2) is 13.1 Å². The molecule has 0 radical (unpaired) electrons. The highest BCUT2D eigenvalue weighted by molar-refractivity contribution is 7.91. The highest BCUT2D eigenvalue weighted by Crippen LogP contribution is 2.36. The van der Waals surface area contributed by atoms with Crippen LogP contribution < -0.4 is 10.5 Å². The van der Waals surface area contributed by atoms with Crippen molar-refractivity contribution < 1.29 is 8.42 Å². The molecule has 1 aromatic heterocycles. The molecule has 1 unspecified atom stereocenters. The van der Waals surface area contributed by atoms with Crippen LogP contribution in [0.15, 0.2) is 15.7 Å². The Labute approximate surface area is 113 Å². The van der Waals surface area contributed by atoms with Gasteiger partial charge in [-0.05, 0) is 24.3 Å². The Morgan fingerprint density at radius 1 is 1.44 bits per heavy atom. The predicted octanol–water partition coefficient (Wildman–Crippen LogP) is 2.58. The minimum Gasteiger partial charge on any atom is -0.398 e. The summed E-state index contributed by atoms with van der Waals surface area (Å²) in [5, 5.41) is 1.65. The lowest BCUT2D eigenvalue weighted by Gasteiger charge is -2.38. The van der Waals surface area contributed by atoms with Gasteiger partial charge in [0.1, 0.15) is 4.21 Å². The van der Waals surface area contributed by atoms with Crippen molar-refractivity contribution in [1.82, 2.24) is 4.72 Å². The fourth-order valence-corrected chi connectivity index (χ4v) is 4.97. The van der Waals surface area contributed by atoms with E-state index in [0.717, 1.165) is 19.3 Å². The first-order chi connectivity index (χ1) is 8.31. The first-order valence-electron chi connectivity index (χ1n) is 6.18. The quantitative estimate of drug-likeness (QED) is 0.898. The van der Waals surface area contributed by atoms with Crippen LogP contribution in [0, 0.1) is 5.41 Å². The lowest BCUT2D eigenvalue weighted by molar-refractivity contribution is 0.188. The van der Waals surface area contributed by atoms with Gasteiger partial charge < -0.3 is 5.73 Å². The first kappa shape index (κ1) is 13.8. The van der Waals surface area contributed by atoms with E-state index in [1.807, 2.05) is 0 Å². The van der Waals surface area contributed by atoms with Crippen LogP contribution in [0.25, 0.3) is 0 Å². The second-order valence-corrected chi connectivity index (χ2v) is 8.46. The highest BCUT2D eigenvalue weighted by Gasteiger charge is 2.35. The van der Waals surface area contributed by atoms with Gasteiger partial charge in [0.05, 0.1) is 0 Å². The summed E-state index contributed by atoms with van der Waals surface area (Å²) in [6.45, 7) is 4.25. The molecular weight excluding hydrogens is 268 g/mol. The smallest absolute Gasteiger partial charge is 0.250 e. The molecule has 1 atom stereocenters. The molecule has 1 aliphatic carbocycles. The Kier molecular flexibility index (Phi) is 3.71. The number of nitrogens with two attached hydrogens (primary N) is 1. The van der Waals surface area contributed by atoms with Crippen LogP contribution in [0.5, 0.6) is 0 Å². The van der Waals surface area contributed by atoms with Gasteiger partial charge in [0.15, 0.2) is 0 Å².